The van der Waals surface area contributed by atoms with Crippen LogP contribution in [0.25, 0.3) is 0 Å². The van der Waals surface area contributed by atoms with Gasteiger partial charge in [-0.15, -0.1) is 0 Å². The van der Waals surface area contributed by atoms with Crippen LogP contribution in [0.2, 0.25) is 0 Å². The minimum atomic E-state index is -3.64. The highest BCUT2D eigenvalue weighted by molar-refractivity contribution is 7.89. The first-order valence-electron chi connectivity index (χ1n) is 7.41. The third kappa shape index (κ3) is 3.37. The van der Waals surface area contributed by atoms with Crippen molar-refractivity contribution in [3.8, 4) is 5.75 Å². The van der Waals surface area contributed by atoms with Crippen molar-refractivity contribution in [3.05, 3.63) is 59.7 Å². The van der Waals surface area contributed by atoms with E-state index in [0.29, 0.717) is 0 Å². The van der Waals surface area contributed by atoms with E-state index in [1.807, 2.05) is 18.2 Å². The molecule has 0 atom stereocenters. The maximum Gasteiger partial charge on any atom is 0.276 e. The van der Waals surface area contributed by atoms with Gasteiger partial charge in [-0.1, -0.05) is 18.2 Å². The van der Waals surface area contributed by atoms with Gasteiger partial charge in [0.25, 0.3) is 10.0 Å². The molecule has 2 aromatic carbocycles. The lowest BCUT2D eigenvalue weighted by Crippen LogP contribution is -2.22. The fourth-order valence-electron chi connectivity index (χ4n) is 2.65. The van der Waals surface area contributed by atoms with Gasteiger partial charge in [-0.3, -0.25) is 0 Å². The third-order valence-electron chi connectivity index (χ3n) is 3.84. The summed E-state index contributed by atoms with van der Waals surface area (Å²) in [6.07, 6.45) is 2.62. The Hall–Kier alpha value is -2.34. The van der Waals surface area contributed by atoms with Crippen molar-refractivity contribution in [1.29, 1.82) is 0 Å². The van der Waals surface area contributed by atoms with Gasteiger partial charge >= 0.3 is 0 Å². The molecule has 0 amide bonds. The van der Waals surface area contributed by atoms with Crippen LogP contribution >= 0.6 is 0 Å². The fourth-order valence-corrected chi connectivity index (χ4v) is 3.50. The van der Waals surface area contributed by atoms with Crippen molar-refractivity contribution in [2.24, 2.45) is 5.10 Å². The van der Waals surface area contributed by atoms with E-state index < -0.39 is 10.0 Å². The summed E-state index contributed by atoms with van der Waals surface area (Å²) in [6, 6.07) is 14.0. The topological polar surface area (TPSA) is 67.8 Å². The van der Waals surface area contributed by atoms with Crippen LogP contribution < -0.4 is 9.57 Å². The molecule has 1 aliphatic carbocycles. The van der Waals surface area contributed by atoms with Gasteiger partial charge < -0.3 is 4.74 Å². The van der Waals surface area contributed by atoms with Gasteiger partial charge in [0.15, 0.2) is 0 Å². The Morgan fingerprint density at radius 3 is 2.61 bits per heavy atom. The Labute approximate surface area is 136 Å². The first kappa shape index (κ1) is 15.6. The molecule has 120 valence electrons. The van der Waals surface area contributed by atoms with Crippen LogP contribution in [0, 0.1) is 0 Å². The van der Waals surface area contributed by atoms with Crippen molar-refractivity contribution >= 4 is 15.7 Å². The predicted molar refractivity (Wildman–Crippen MR) is 89.2 cm³/mol. The molecule has 1 aliphatic rings. The summed E-state index contributed by atoms with van der Waals surface area (Å²) in [4.78, 5) is 2.55. The molecule has 0 bridgehead atoms. The van der Waals surface area contributed by atoms with Crippen LogP contribution in [0.4, 0.5) is 0 Å². The zero-order chi connectivity index (χ0) is 16.3. The Morgan fingerprint density at radius 1 is 1.09 bits per heavy atom. The van der Waals surface area contributed by atoms with Gasteiger partial charge in [-0.05, 0) is 55.2 Å². The Balaban J connectivity index is 1.88. The van der Waals surface area contributed by atoms with Crippen molar-refractivity contribution in [1.82, 2.24) is 4.83 Å². The van der Waals surface area contributed by atoms with E-state index in [4.69, 9.17) is 4.74 Å². The molecule has 0 radical (unpaired) electrons. The number of aryl methyl sites for hydroxylation is 1. The van der Waals surface area contributed by atoms with Gasteiger partial charge in [-0.25, -0.2) is 0 Å². The van der Waals surface area contributed by atoms with Gasteiger partial charge in [0.05, 0.1) is 17.7 Å². The molecule has 0 unspecified atom stereocenters. The van der Waals surface area contributed by atoms with Gasteiger partial charge in [0.2, 0.25) is 0 Å². The van der Waals surface area contributed by atoms with E-state index in [0.717, 1.165) is 41.9 Å². The molecule has 1 N–H and O–H groups in total. The van der Waals surface area contributed by atoms with Crippen LogP contribution in [0.3, 0.4) is 0 Å². The summed E-state index contributed by atoms with van der Waals surface area (Å²) >= 11 is 0. The number of hydrogen-bond acceptors (Lipinski definition) is 4. The molecular weight excluding hydrogens is 312 g/mol. The minimum absolute atomic E-state index is 0.204. The Kier molecular flexibility index (Phi) is 4.34. The lowest BCUT2D eigenvalue weighted by Gasteiger charge is -2.18. The molecule has 0 saturated heterocycles. The van der Waals surface area contributed by atoms with Crippen LogP contribution in [0.15, 0.2) is 58.5 Å². The third-order valence-corrected chi connectivity index (χ3v) is 5.06. The largest absolute Gasteiger partial charge is 0.497 e. The summed E-state index contributed by atoms with van der Waals surface area (Å²) in [6.45, 7) is 0. The molecule has 0 aliphatic heterocycles. The molecule has 2 aromatic rings. The summed E-state index contributed by atoms with van der Waals surface area (Å²) in [5, 5.41) is 4.17. The number of ether oxygens (including phenoxy) is 1. The first-order valence-corrected chi connectivity index (χ1v) is 8.89. The number of hydrogen-bond donors (Lipinski definition) is 1. The van der Waals surface area contributed by atoms with E-state index >= 15 is 0 Å². The molecular formula is C17H18N2O3S. The van der Waals surface area contributed by atoms with Crippen molar-refractivity contribution in [2.45, 2.75) is 24.2 Å². The summed E-state index contributed by atoms with van der Waals surface area (Å²) in [7, 11) is -2.00. The van der Waals surface area contributed by atoms with Crippen LogP contribution in [0.1, 0.15) is 24.0 Å². The second kappa shape index (κ2) is 6.42. The summed E-state index contributed by atoms with van der Waals surface area (Å²) in [5.41, 5.74) is 2.87. The zero-order valence-corrected chi connectivity index (χ0v) is 13.6. The fraction of sp³-hybridized carbons (Fsp3) is 0.235. The highest BCUT2D eigenvalue weighted by Gasteiger charge is 2.18. The zero-order valence-electron chi connectivity index (χ0n) is 12.8. The van der Waals surface area contributed by atoms with Crippen molar-refractivity contribution in [3.63, 3.8) is 0 Å². The van der Waals surface area contributed by atoms with E-state index in [9.17, 15) is 8.42 Å². The minimum Gasteiger partial charge on any atom is -0.497 e. The van der Waals surface area contributed by atoms with Gasteiger partial charge in [-0.2, -0.15) is 18.4 Å². The number of nitrogens with one attached hydrogen (secondary N) is 1. The standard InChI is InChI=1S/C17H18N2O3S/c1-22-14-10-11-16-13(12-14)6-5-9-17(16)18-19-23(20,21)15-7-3-2-4-8-15/h2-4,7-8,10-12,19H,5-6,9H2,1H3/b18-17+. The number of sulfonamides is 1. The molecule has 23 heavy (non-hydrogen) atoms. The maximum absolute atomic E-state index is 12.2. The molecule has 0 fully saturated rings. The summed E-state index contributed by atoms with van der Waals surface area (Å²) in [5.74, 6) is 0.801. The maximum atomic E-state index is 12.2. The number of nitrogens with zero attached hydrogens (tertiary/aromatic N) is 1. The summed E-state index contributed by atoms with van der Waals surface area (Å²) < 4.78 is 29.7. The molecule has 6 heteroatoms. The van der Waals surface area contributed by atoms with E-state index in [2.05, 4.69) is 9.93 Å². The number of methoxy groups -OCH3 is 1. The molecule has 0 spiro atoms. The van der Waals surface area contributed by atoms with Crippen LogP contribution in [0.5, 0.6) is 5.75 Å². The van der Waals surface area contributed by atoms with Gasteiger partial charge in [0, 0.05) is 5.56 Å². The first-order chi connectivity index (χ1) is 11.1. The Morgan fingerprint density at radius 2 is 1.87 bits per heavy atom. The Bertz CT molecular complexity index is 830. The molecule has 0 aromatic heterocycles. The molecule has 0 saturated carbocycles. The number of rotatable bonds is 4. The number of fused-ring (bicyclic) bond motifs is 1. The van der Waals surface area contributed by atoms with Crippen LogP contribution in [-0.2, 0) is 16.4 Å². The second-order valence-corrected chi connectivity index (χ2v) is 7.00. The number of hydrazone groups is 1. The van der Waals surface area contributed by atoms with Crippen molar-refractivity contribution in [2.75, 3.05) is 7.11 Å². The van der Waals surface area contributed by atoms with Gasteiger partial charge in [0.1, 0.15) is 5.75 Å². The predicted octanol–water partition coefficient (Wildman–Crippen LogP) is 2.71. The monoisotopic (exact) mass is 330 g/mol. The molecule has 3 rings (SSSR count). The van der Waals surface area contributed by atoms with E-state index in [1.54, 1.807) is 37.4 Å². The van der Waals surface area contributed by atoms with Crippen molar-refractivity contribution < 1.29 is 13.2 Å². The molecule has 5 nitrogen and oxygen atoms in total. The quantitative estimate of drug-likeness (QED) is 0.877. The normalized spacial score (nSPS) is 16.0. The van der Waals surface area contributed by atoms with E-state index in [1.165, 1.54) is 0 Å². The average Bonchev–Trinajstić information content (AvgIpc) is 2.60. The smallest absolute Gasteiger partial charge is 0.276 e. The van der Waals surface area contributed by atoms with E-state index in [-0.39, 0.29) is 4.90 Å². The lowest BCUT2D eigenvalue weighted by atomic mass is 9.90. The molecule has 0 heterocycles. The van der Waals surface area contributed by atoms with Crippen LogP contribution in [-0.4, -0.2) is 21.2 Å². The highest BCUT2D eigenvalue weighted by atomic mass is 32.2. The number of benzene rings is 2. The SMILES string of the molecule is COc1ccc2c(c1)CCC/C2=N\NS(=O)(=O)c1ccccc1. The lowest BCUT2D eigenvalue weighted by molar-refractivity contribution is 0.414. The highest BCUT2D eigenvalue weighted by Crippen LogP contribution is 2.25. The average molecular weight is 330 g/mol. The second-order valence-electron chi connectivity index (χ2n) is 5.34.